The van der Waals surface area contributed by atoms with Gasteiger partial charge in [0.05, 0.1) is 0 Å². The molecule has 0 aromatic carbocycles. The second kappa shape index (κ2) is 47.5. The summed E-state index contributed by atoms with van der Waals surface area (Å²) in [7, 11) is 0. The molecule has 0 aromatic heterocycles. The van der Waals surface area contributed by atoms with Gasteiger partial charge >= 0.3 is 17.9 Å². The van der Waals surface area contributed by atoms with Crippen LogP contribution >= 0.6 is 0 Å². The van der Waals surface area contributed by atoms with Crippen LogP contribution in [0.4, 0.5) is 0 Å². The highest BCUT2D eigenvalue weighted by molar-refractivity contribution is 5.71. The molecule has 0 fully saturated rings. The molecule has 0 N–H and O–H groups in total. The Labute approximate surface area is 368 Å². The first-order chi connectivity index (χ1) is 28.9. The van der Waals surface area contributed by atoms with Crippen LogP contribution in [0.3, 0.4) is 0 Å². The van der Waals surface area contributed by atoms with Crippen molar-refractivity contribution in [1.82, 2.24) is 0 Å². The summed E-state index contributed by atoms with van der Waals surface area (Å²) in [6, 6.07) is 0. The second-order valence-corrected chi connectivity index (χ2v) is 18.6. The lowest BCUT2D eigenvalue weighted by Crippen LogP contribution is -2.30. The minimum Gasteiger partial charge on any atom is -0.462 e. The van der Waals surface area contributed by atoms with Gasteiger partial charge in [0, 0.05) is 19.3 Å². The average Bonchev–Trinajstić information content (AvgIpc) is 3.22. The molecule has 0 bridgehead atoms. The van der Waals surface area contributed by atoms with Gasteiger partial charge in [0.15, 0.2) is 6.10 Å². The van der Waals surface area contributed by atoms with Gasteiger partial charge in [-0.15, -0.1) is 0 Å². The highest BCUT2D eigenvalue weighted by atomic mass is 16.6. The van der Waals surface area contributed by atoms with Crippen molar-refractivity contribution < 1.29 is 28.6 Å². The van der Waals surface area contributed by atoms with Crippen molar-refractivity contribution in [3.05, 3.63) is 0 Å². The Morgan fingerprint density at radius 1 is 0.322 bits per heavy atom. The molecule has 0 radical (unpaired) electrons. The Morgan fingerprint density at radius 2 is 0.559 bits per heavy atom. The lowest BCUT2D eigenvalue weighted by atomic mass is 10.0. The van der Waals surface area contributed by atoms with Gasteiger partial charge in [-0.2, -0.15) is 0 Å². The monoisotopic (exact) mass is 835 g/mol. The molecule has 0 spiro atoms. The van der Waals surface area contributed by atoms with Gasteiger partial charge in [-0.05, 0) is 25.2 Å². The maximum atomic E-state index is 12.8. The van der Waals surface area contributed by atoms with Crippen LogP contribution in [-0.4, -0.2) is 37.2 Å². The van der Waals surface area contributed by atoms with Crippen molar-refractivity contribution in [1.29, 1.82) is 0 Å². The van der Waals surface area contributed by atoms with Crippen LogP contribution in [0.2, 0.25) is 0 Å². The maximum Gasteiger partial charge on any atom is 0.306 e. The molecule has 0 unspecified atom stereocenters. The number of ether oxygens (including phenoxy) is 3. The van der Waals surface area contributed by atoms with Gasteiger partial charge < -0.3 is 14.2 Å². The van der Waals surface area contributed by atoms with E-state index in [1.807, 2.05) is 0 Å². The molecule has 6 heteroatoms. The molecule has 0 aliphatic heterocycles. The molecule has 6 nitrogen and oxygen atoms in total. The Hall–Kier alpha value is -1.59. The van der Waals surface area contributed by atoms with Crippen molar-refractivity contribution in [2.24, 2.45) is 5.92 Å². The van der Waals surface area contributed by atoms with Gasteiger partial charge in [0.25, 0.3) is 0 Å². The Kier molecular flexibility index (Phi) is 46.2. The molecule has 0 rings (SSSR count). The molecule has 59 heavy (non-hydrogen) atoms. The SMILES string of the molecule is CCCCCCCCCCCCCCCCCCC(=O)O[C@@H](COC(=O)CCCCCCCCCCCCCC)COC(=O)CCCCCCCCCCCCC(C)C. The summed E-state index contributed by atoms with van der Waals surface area (Å²) in [6.45, 7) is 9.02. The lowest BCUT2D eigenvalue weighted by molar-refractivity contribution is -0.167. The van der Waals surface area contributed by atoms with Gasteiger partial charge in [-0.1, -0.05) is 259 Å². The van der Waals surface area contributed by atoms with Crippen LogP contribution in [0.25, 0.3) is 0 Å². The lowest BCUT2D eigenvalue weighted by Gasteiger charge is -2.18. The van der Waals surface area contributed by atoms with Gasteiger partial charge in [-0.25, -0.2) is 0 Å². The number of esters is 3. The van der Waals surface area contributed by atoms with Crippen LogP contribution in [0, 0.1) is 5.92 Å². The fourth-order valence-electron chi connectivity index (χ4n) is 8.04. The second-order valence-electron chi connectivity index (χ2n) is 18.6. The molecule has 0 aromatic rings. The predicted molar refractivity (Wildman–Crippen MR) is 252 cm³/mol. The summed E-state index contributed by atoms with van der Waals surface area (Å²) < 4.78 is 16.8. The van der Waals surface area contributed by atoms with Crippen molar-refractivity contribution in [2.45, 2.75) is 303 Å². The standard InChI is InChI=1S/C53H102O6/c1-5-7-9-11-13-15-17-19-20-21-22-24-30-34-38-42-46-53(56)59-50(47-57-51(54)44-40-36-32-28-23-18-16-14-12-10-8-6-2)48-58-52(55)45-41-37-33-29-26-25-27-31-35-39-43-49(3)4/h49-50H,5-48H2,1-4H3/t50-/m0/s1. The smallest absolute Gasteiger partial charge is 0.306 e. The Balaban J connectivity index is 4.30. The minimum atomic E-state index is -0.760. The average molecular weight is 835 g/mol. The maximum absolute atomic E-state index is 12.8. The number of hydrogen-bond donors (Lipinski definition) is 0. The van der Waals surface area contributed by atoms with E-state index in [2.05, 4.69) is 27.7 Å². The van der Waals surface area contributed by atoms with Crippen LogP contribution in [0.15, 0.2) is 0 Å². The van der Waals surface area contributed by atoms with E-state index >= 15 is 0 Å². The number of hydrogen-bond acceptors (Lipinski definition) is 6. The van der Waals surface area contributed by atoms with Crippen LogP contribution in [0.5, 0.6) is 0 Å². The van der Waals surface area contributed by atoms with Crippen molar-refractivity contribution in [2.75, 3.05) is 13.2 Å². The zero-order valence-electron chi connectivity index (χ0n) is 40.2. The molecular weight excluding hydrogens is 733 g/mol. The predicted octanol–water partition coefficient (Wildman–Crippen LogP) is 17.1. The van der Waals surface area contributed by atoms with Crippen LogP contribution < -0.4 is 0 Å². The molecule has 0 saturated carbocycles. The minimum absolute atomic E-state index is 0.0627. The third-order valence-electron chi connectivity index (χ3n) is 12.0. The van der Waals surface area contributed by atoms with Crippen molar-refractivity contribution in [3.8, 4) is 0 Å². The number of unbranched alkanes of at least 4 members (excludes halogenated alkanes) is 35. The molecule has 0 saturated heterocycles. The first kappa shape index (κ1) is 57.4. The third-order valence-corrected chi connectivity index (χ3v) is 12.0. The van der Waals surface area contributed by atoms with Gasteiger partial charge in [0.1, 0.15) is 13.2 Å². The summed E-state index contributed by atoms with van der Waals surface area (Å²) >= 11 is 0. The first-order valence-corrected chi connectivity index (χ1v) is 26.4. The molecule has 0 amide bonds. The highest BCUT2D eigenvalue weighted by Gasteiger charge is 2.19. The van der Waals surface area contributed by atoms with E-state index in [1.165, 1.54) is 193 Å². The molecule has 0 aliphatic carbocycles. The first-order valence-electron chi connectivity index (χ1n) is 26.4. The quantitative estimate of drug-likeness (QED) is 0.0345. The molecular formula is C53H102O6. The van der Waals surface area contributed by atoms with Crippen molar-refractivity contribution >= 4 is 17.9 Å². The molecule has 350 valence electrons. The number of rotatable bonds is 48. The topological polar surface area (TPSA) is 78.9 Å². The normalized spacial score (nSPS) is 11.9. The highest BCUT2D eigenvalue weighted by Crippen LogP contribution is 2.17. The van der Waals surface area contributed by atoms with E-state index in [1.54, 1.807) is 0 Å². The van der Waals surface area contributed by atoms with E-state index in [0.717, 1.165) is 63.7 Å². The summed E-state index contributed by atoms with van der Waals surface area (Å²) in [5.41, 5.74) is 0. The zero-order chi connectivity index (χ0) is 43.1. The van der Waals surface area contributed by atoms with Gasteiger partial charge in [-0.3, -0.25) is 14.4 Å². The molecule has 0 heterocycles. The Bertz CT molecular complexity index is 887. The van der Waals surface area contributed by atoms with E-state index in [4.69, 9.17) is 14.2 Å². The Morgan fingerprint density at radius 3 is 0.831 bits per heavy atom. The van der Waals surface area contributed by atoms with Crippen molar-refractivity contribution in [3.63, 3.8) is 0 Å². The molecule has 0 aliphatic rings. The van der Waals surface area contributed by atoms with E-state index in [0.29, 0.717) is 19.3 Å². The fraction of sp³-hybridized carbons (Fsp3) is 0.943. The summed E-state index contributed by atoms with van der Waals surface area (Å²) in [6.07, 6.45) is 49.4. The number of carbonyl (C=O) groups is 3. The summed E-state index contributed by atoms with van der Waals surface area (Å²) in [4.78, 5) is 37.9. The summed E-state index contributed by atoms with van der Waals surface area (Å²) in [5.74, 6) is -0.0247. The third kappa shape index (κ3) is 47.3. The van der Waals surface area contributed by atoms with Crippen LogP contribution in [-0.2, 0) is 28.6 Å². The largest absolute Gasteiger partial charge is 0.462 e. The molecule has 1 atom stereocenters. The van der Waals surface area contributed by atoms with Gasteiger partial charge in [0.2, 0.25) is 0 Å². The fourth-order valence-corrected chi connectivity index (χ4v) is 8.04. The van der Waals surface area contributed by atoms with Crippen LogP contribution in [0.1, 0.15) is 297 Å². The van der Waals surface area contributed by atoms with E-state index < -0.39 is 6.10 Å². The summed E-state index contributed by atoms with van der Waals surface area (Å²) in [5, 5.41) is 0. The zero-order valence-corrected chi connectivity index (χ0v) is 40.2. The van der Waals surface area contributed by atoms with E-state index in [-0.39, 0.29) is 31.1 Å². The number of carbonyl (C=O) groups excluding carboxylic acids is 3. The van der Waals surface area contributed by atoms with E-state index in [9.17, 15) is 14.4 Å².